The van der Waals surface area contributed by atoms with Crippen molar-refractivity contribution < 1.29 is 87.1 Å². The highest BCUT2D eigenvalue weighted by Crippen LogP contribution is 2.40. The maximum Gasteiger partial charge on any atom is 0.329 e. The van der Waals surface area contributed by atoms with E-state index in [4.69, 9.17) is 55.1 Å². The number of esters is 1. The number of nitrogens with zero attached hydrogens (tertiary/aromatic N) is 12. The van der Waals surface area contributed by atoms with E-state index in [0.29, 0.717) is 160 Å². The number of aliphatic hydroxyl groups is 5. The molecule has 9 heterocycles. The molecule has 13 N–H and O–H groups in total. The Labute approximate surface area is 767 Å². The molecule has 0 spiro atoms. The lowest BCUT2D eigenvalue weighted by molar-refractivity contribution is -0.265. The molecule has 1 saturated carbocycles. The monoisotopic (exact) mass is 1820 g/mol. The van der Waals surface area contributed by atoms with Crippen LogP contribution in [0.5, 0.6) is 0 Å². The predicted octanol–water partition coefficient (Wildman–Crippen LogP) is 7.77. The van der Waals surface area contributed by atoms with Gasteiger partial charge in [-0.1, -0.05) is 84.0 Å². The van der Waals surface area contributed by atoms with Gasteiger partial charge in [0, 0.05) is 132 Å². The Morgan fingerprint density at radius 2 is 1.58 bits per heavy atom. The van der Waals surface area contributed by atoms with Crippen molar-refractivity contribution in [3.63, 3.8) is 0 Å². The van der Waals surface area contributed by atoms with Crippen LogP contribution in [0.3, 0.4) is 0 Å². The van der Waals surface area contributed by atoms with Crippen LogP contribution in [-0.4, -0.2) is 275 Å². The summed E-state index contributed by atoms with van der Waals surface area (Å²) in [6, 6.07) is 10.2. The molecule has 4 saturated heterocycles. The Morgan fingerprint density at radius 1 is 0.809 bits per heavy atom. The Morgan fingerprint density at radius 3 is 2.32 bits per heavy atom. The molecule has 4 amide bonds. The molecule has 0 unspecified atom stereocenters. The van der Waals surface area contributed by atoms with Gasteiger partial charge in [-0.05, 0) is 193 Å². The largest absolute Gasteiger partial charge is 0.459 e. The number of nitrogens with two attached hydrogens (primary N) is 3. The summed E-state index contributed by atoms with van der Waals surface area (Å²) in [5.74, 6) is -6.72. The molecule has 1 aliphatic carbocycles. The van der Waals surface area contributed by atoms with Gasteiger partial charge >= 0.3 is 5.97 Å². The third kappa shape index (κ3) is 26.3. The number of aliphatic imine (C=N–C) groups is 1. The van der Waals surface area contributed by atoms with Gasteiger partial charge in [0.2, 0.25) is 29.5 Å². The summed E-state index contributed by atoms with van der Waals surface area (Å²) >= 11 is 0. The minimum atomic E-state index is -2.48. The average Bonchev–Trinajstić information content (AvgIpc) is 1.64. The van der Waals surface area contributed by atoms with Gasteiger partial charge in [0.25, 0.3) is 17.7 Å². The number of likely N-dealkylation sites (tertiary alicyclic amines) is 2. The molecule has 5 fully saturated rings. The summed E-state index contributed by atoms with van der Waals surface area (Å²) < 4.78 is 42.8. The first-order valence-corrected chi connectivity index (χ1v) is 47.0. The fraction of sp³-hybridized carbons (Fsp3) is 0.635. The zero-order valence-electron chi connectivity index (χ0n) is 77.8. The van der Waals surface area contributed by atoms with Crippen molar-refractivity contribution in [2.45, 2.75) is 270 Å². The van der Waals surface area contributed by atoms with Crippen LogP contribution in [0.1, 0.15) is 193 Å². The van der Waals surface area contributed by atoms with Gasteiger partial charge in [0.1, 0.15) is 61.0 Å². The van der Waals surface area contributed by atoms with E-state index in [9.17, 15) is 54.3 Å². The summed E-state index contributed by atoms with van der Waals surface area (Å²) in [4.78, 5) is 118. The van der Waals surface area contributed by atoms with Gasteiger partial charge in [-0.15, -0.1) is 0 Å². The molecule has 35 nitrogen and oxygen atoms in total. The molecule has 2 aromatic carbocycles. The topological polar surface area (TPSA) is 482 Å². The van der Waals surface area contributed by atoms with E-state index in [0.717, 1.165) is 85.4 Å². The van der Waals surface area contributed by atoms with Gasteiger partial charge in [-0.2, -0.15) is 10.1 Å². The van der Waals surface area contributed by atoms with E-state index >= 15 is 0 Å². The van der Waals surface area contributed by atoms with Gasteiger partial charge in [-0.25, -0.2) is 29.4 Å². The minimum Gasteiger partial charge on any atom is -0.459 e. The lowest BCUT2D eigenvalue weighted by atomic mass is 9.80. The lowest BCUT2D eigenvalue weighted by Gasteiger charge is -2.42. The van der Waals surface area contributed by atoms with Gasteiger partial charge in [-0.3, -0.25) is 29.0 Å². The minimum absolute atomic E-state index is 0.0195. The molecule has 15 atom stereocenters. The summed E-state index contributed by atoms with van der Waals surface area (Å²) in [5, 5.41) is 70.1. The number of oxazole rings is 1. The summed E-state index contributed by atoms with van der Waals surface area (Å²) in [6.45, 7) is 20.1. The van der Waals surface area contributed by atoms with Crippen molar-refractivity contribution in [3.05, 3.63) is 113 Å². The SMILES string of the molecule is CC/C=C/C=C(\C)[C@H](C[C@@H]1CC[C@@H](C)[C@](O)(C(=O)C(=O)N2CCCC[C@H]2C(=O)O[C@@H](C[C@@H](O)[C@H](C)/C=C(\C)[C@@H](O)[C@@H](O)C(=NCOCC(=O)NCc2cnc(N3CCC(N4CCC(C(=O)NCCOCCC(=O)N5CCc6cc(Cn7nc(-c8ccc9oc(N)nc9c8)c8c(N)ncnc87)ccc6C5)CC4)CC3)nc2)[C@H](C)CC(C)C)[C@H](N)C[C@@H]2CC[C@@H](O)[C@H](OC)C2)O1)OC. The maximum absolute atomic E-state index is 14.7. The Kier molecular flexibility index (Phi) is 36.3. The number of carbonyl (C=O) groups is 6. The second-order valence-corrected chi connectivity index (χ2v) is 37.1. The molecule has 131 heavy (non-hydrogen) atoms. The molecule has 716 valence electrons. The fourth-order valence-electron chi connectivity index (χ4n) is 19.4. The van der Waals surface area contributed by atoms with Crippen molar-refractivity contribution in [3.8, 4) is 11.3 Å². The number of piperidine rings is 3. The zero-order valence-corrected chi connectivity index (χ0v) is 77.8. The number of amides is 4. The van der Waals surface area contributed by atoms with E-state index in [2.05, 4.69) is 68.5 Å². The van der Waals surface area contributed by atoms with Gasteiger partial charge in [0.15, 0.2) is 11.2 Å². The number of nitrogens with one attached hydrogen (secondary N) is 2. The first-order valence-electron chi connectivity index (χ1n) is 47.0. The third-order valence-corrected chi connectivity index (χ3v) is 27.1. The maximum atomic E-state index is 14.7. The van der Waals surface area contributed by atoms with E-state index in [1.807, 2.05) is 74.6 Å². The highest BCUT2D eigenvalue weighted by atomic mass is 16.6. The highest BCUT2D eigenvalue weighted by molar-refractivity contribution is 6.39. The number of allylic oxidation sites excluding steroid dienone is 3. The van der Waals surface area contributed by atoms with Crippen LogP contribution in [0.15, 0.2) is 100.0 Å². The van der Waals surface area contributed by atoms with Crippen LogP contribution in [0, 0.1) is 35.5 Å². The van der Waals surface area contributed by atoms with Crippen molar-refractivity contribution in [1.29, 1.82) is 0 Å². The van der Waals surface area contributed by atoms with Crippen molar-refractivity contribution in [2.75, 3.05) is 103 Å². The summed E-state index contributed by atoms with van der Waals surface area (Å²) in [6.07, 6.45) is 14.8. The summed E-state index contributed by atoms with van der Waals surface area (Å²) in [7, 11) is 3.12. The number of aromatic nitrogens is 7. The number of aliphatic hydroxyl groups excluding tert-OH is 4. The molecular formula is C96H139N17O18. The van der Waals surface area contributed by atoms with Crippen LogP contribution >= 0.6 is 0 Å². The lowest BCUT2D eigenvalue weighted by Crippen LogP contribution is -2.61. The molecule has 12 rings (SSSR count). The van der Waals surface area contributed by atoms with Crippen LogP contribution < -0.4 is 32.7 Å². The van der Waals surface area contributed by atoms with Crippen LogP contribution in [0.4, 0.5) is 17.8 Å². The molecule has 5 aliphatic heterocycles. The van der Waals surface area contributed by atoms with Crippen LogP contribution in [-0.2, 0) is 83.2 Å². The van der Waals surface area contributed by atoms with Gasteiger partial charge in [0.05, 0.1) is 62.1 Å². The smallest absolute Gasteiger partial charge is 0.329 e. The second-order valence-electron chi connectivity index (χ2n) is 37.1. The quantitative estimate of drug-likeness (QED) is 0.00436. The Bertz CT molecular complexity index is 4950. The van der Waals surface area contributed by atoms with Crippen molar-refractivity contribution in [1.82, 2.24) is 60.0 Å². The predicted molar refractivity (Wildman–Crippen MR) is 494 cm³/mol. The molecule has 4 aromatic heterocycles. The van der Waals surface area contributed by atoms with E-state index in [-0.39, 0.29) is 106 Å². The highest BCUT2D eigenvalue weighted by Gasteiger charge is 2.53. The number of Topliss-reactive ketones (excluding diaryl/α,β-unsaturated/α-hetero) is 1. The molecule has 6 aromatic rings. The number of rotatable bonds is 42. The van der Waals surface area contributed by atoms with Crippen LogP contribution in [0.2, 0.25) is 0 Å². The Balaban J connectivity index is 0.545. The number of ether oxygens (including phenoxy) is 6. The first-order chi connectivity index (χ1) is 62.9. The van der Waals surface area contributed by atoms with Crippen molar-refractivity contribution in [2.24, 2.45) is 46.2 Å². The second kappa shape index (κ2) is 47.3. The van der Waals surface area contributed by atoms with E-state index in [1.165, 1.54) is 19.0 Å². The third-order valence-electron chi connectivity index (χ3n) is 27.1. The number of nitrogen functional groups attached to an aromatic ring is 2. The molecule has 6 aliphatic rings. The number of hydrogen-bond acceptors (Lipinski definition) is 30. The number of methoxy groups -OCH3 is 2. The standard InChI is InChI=1S/C96H139N17O18/c1-11-12-13-16-58(4)78(125-9)47-71-23-18-62(8)96(124,131-71)88(120)92(122)112-33-15-14-17-74(112)93(123)129-79(72(97)44-63-20-24-75(114)80(45-63)126-10)48-76(115)59(5)42-61(7)86(118)87(119)84(60(6)41-57(2)3)106-56-128-54-81(116)101-49-65-50-102-95(103-51-65)110-37-29-70(30-38-110)109-34-26-66(27-35-109)91(121)100-32-40-127-39-31-82(117)111-36-28-67-43-64(19-21-69(67)53-111)52-113-90-83(89(98)104-55-105-90)85(108-113)68-22-25-77-73(46-68)107-94(99)130-77/h12-13,16,19,21-22,25,42-43,46,50-51,55,57,59-60,62-63,66,70-72,74-76,78-80,86-87,114-115,118-119,124H,11,14-15,17-18,20,23-24,26-41,44-45,47-49,52-54,56,97H2,1-10H3,(H2,99,107)(H,100,121)(H,101,116)(H2,98,104,105)/b13-12+,58-16+,61-42+,106-84?/t59-,60-,62-,63+,71+,72-,74+,75-,76-,78+,79+,80-,86-,87+,96-/m1/s1. The first kappa shape index (κ1) is 100. The van der Waals surface area contributed by atoms with E-state index < -0.39 is 96.0 Å². The zero-order chi connectivity index (χ0) is 93.7. The van der Waals surface area contributed by atoms with Gasteiger partial charge < -0.3 is 106 Å². The number of hydrogen-bond donors (Lipinski definition) is 10. The fourth-order valence-corrected chi connectivity index (χ4v) is 19.4. The average molecular weight is 1820 g/mol. The summed E-state index contributed by atoms with van der Waals surface area (Å²) in [5.41, 5.74) is 27.9. The number of carbonyl (C=O) groups excluding carboxylic acids is 6. The number of fused-ring (bicyclic) bond motifs is 3. The molecular weight excluding hydrogens is 1680 g/mol. The molecule has 0 radical (unpaired) electrons. The number of anilines is 3. The number of benzene rings is 2. The van der Waals surface area contributed by atoms with Crippen molar-refractivity contribution >= 4 is 81.0 Å². The normalized spacial score (nSPS) is 23.2. The Hall–Kier alpha value is -9.63. The van der Waals surface area contributed by atoms with E-state index in [1.54, 1.807) is 52.4 Å². The molecule has 35 heteroatoms. The number of ketones is 1. The van der Waals surface area contributed by atoms with Crippen LogP contribution in [0.25, 0.3) is 33.4 Å². The molecule has 0 bridgehead atoms.